The van der Waals surface area contributed by atoms with Crippen molar-refractivity contribution in [3.05, 3.63) is 106 Å². The number of amides is 2. The van der Waals surface area contributed by atoms with Crippen molar-refractivity contribution in [1.29, 1.82) is 0 Å². The molecule has 32 heavy (non-hydrogen) atoms. The van der Waals surface area contributed by atoms with Gasteiger partial charge in [-0.15, -0.1) is 5.10 Å². The maximum atomic E-state index is 12.3. The van der Waals surface area contributed by atoms with Crippen LogP contribution in [0.15, 0.2) is 84.0 Å². The summed E-state index contributed by atoms with van der Waals surface area (Å²) in [6.45, 7) is 1.34. The zero-order valence-electron chi connectivity index (χ0n) is 17.0. The van der Waals surface area contributed by atoms with Crippen molar-refractivity contribution in [2.45, 2.75) is 13.2 Å². The predicted molar refractivity (Wildman–Crippen MR) is 117 cm³/mol. The van der Waals surface area contributed by atoms with Crippen molar-refractivity contribution < 1.29 is 19.2 Å². The maximum absolute atomic E-state index is 12.3. The van der Waals surface area contributed by atoms with E-state index in [0.717, 1.165) is 5.01 Å². The smallest absolute Gasteiger partial charge is 0.269 e. The van der Waals surface area contributed by atoms with Crippen LogP contribution in [0.5, 0.6) is 0 Å². The molecule has 3 aromatic rings. The monoisotopic (exact) mass is 430 g/mol. The van der Waals surface area contributed by atoms with E-state index < -0.39 is 11.2 Å². The topological polar surface area (TPSA) is 114 Å². The second-order valence-electron chi connectivity index (χ2n) is 6.99. The number of carbonyl (C=O) groups is 2. The van der Waals surface area contributed by atoms with Gasteiger partial charge in [-0.25, -0.2) is 0 Å². The molecule has 2 amide bonds. The van der Waals surface area contributed by atoms with Gasteiger partial charge >= 0.3 is 0 Å². The number of ether oxygens (including phenoxy) is 1. The van der Waals surface area contributed by atoms with Crippen molar-refractivity contribution in [3.8, 4) is 0 Å². The number of anilines is 1. The molecule has 1 aliphatic rings. The van der Waals surface area contributed by atoms with E-state index in [2.05, 4.69) is 10.4 Å². The molecule has 0 aromatic heterocycles. The Bertz CT molecular complexity index is 1210. The number of hydrogen-bond donors (Lipinski definition) is 1. The molecule has 9 nitrogen and oxygen atoms in total. The average molecular weight is 430 g/mol. The Morgan fingerprint density at radius 1 is 1.03 bits per heavy atom. The summed E-state index contributed by atoms with van der Waals surface area (Å²) in [5, 5.41) is 19.3. The van der Waals surface area contributed by atoms with E-state index in [4.69, 9.17) is 4.74 Å². The van der Waals surface area contributed by atoms with Gasteiger partial charge in [0.1, 0.15) is 0 Å². The summed E-state index contributed by atoms with van der Waals surface area (Å²) in [5.41, 5.74) is 2.03. The Balaban J connectivity index is 1.53. The first-order valence-electron chi connectivity index (χ1n) is 9.68. The van der Waals surface area contributed by atoms with Crippen molar-refractivity contribution >= 4 is 29.1 Å². The number of rotatable bonds is 5. The molecule has 0 bridgehead atoms. The van der Waals surface area contributed by atoms with Crippen LogP contribution < -0.4 is 5.32 Å². The highest BCUT2D eigenvalue weighted by atomic mass is 16.6. The first kappa shape index (κ1) is 20.7. The summed E-state index contributed by atoms with van der Waals surface area (Å²) >= 11 is 0. The van der Waals surface area contributed by atoms with E-state index in [1.807, 2.05) is 6.07 Å². The molecule has 3 aromatic carbocycles. The van der Waals surface area contributed by atoms with Gasteiger partial charge in [-0.3, -0.25) is 19.7 Å². The van der Waals surface area contributed by atoms with Crippen molar-refractivity contribution in [2.75, 3.05) is 5.32 Å². The van der Waals surface area contributed by atoms with Gasteiger partial charge < -0.3 is 10.1 Å². The van der Waals surface area contributed by atoms with Gasteiger partial charge in [0.2, 0.25) is 18.0 Å². The number of hydrogen-bond acceptors (Lipinski definition) is 6. The van der Waals surface area contributed by atoms with Crippen LogP contribution in [-0.4, -0.2) is 27.6 Å². The summed E-state index contributed by atoms with van der Waals surface area (Å²) in [7, 11) is 0. The Kier molecular flexibility index (Phi) is 5.63. The number of carbonyl (C=O) groups excluding carboxylic acids is 2. The summed E-state index contributed by atoms with van der Waals surface area (Å²) in [4.78, 5) is 35.0. The van der Waals surface area contributed by atoms with Crippen LogP contribution in [0.2, 0.25) is 0 Å². The highest BCUT2D eigenvalue weighted by Gasteiger charge is 2.33. The normalized spacial score (nSPS) is 15.0. The van der Waals surface area contributed by atoms with Crippen LogP contribution in [0.1, 0.15) is 34.6 Å². The van der Waals surface area contributed by atoms with Gasteiger partial charge in [0.25, 0.3) is 11.6 Å². The molecular formula is C23H18N4O5. The van der Waals surface area contributed by atoms with Crippen LogP contribution in [0, 0.1) is 10.1 Å². The number of non-ortho nitro benzene ring substituents is 1. The van der Waals surface area contributed by atoms with E-state index in [9.17, 15) is 19.7 Å². The minimum atomic E-state index is -0.917. The Morgan fingerprint density at radius 3 is 2.41 bits per heavy atom. The lowest BCUT2D eigenvalue weighted by atomic mass is 10.1. The molecule has 1 N–H and O–H groups in total. The second kappa shape index (κ2) is 8.68. The standard InChI is InChI=1S/C23H18N4O5/c1-15(28)26-23(18-8-5-9-20(14-18)27(30)31)32-22(25-26)17-10-12-19(13-11-17)24-21(29)16-6-3-2-4-7-16/h2-14,23H,1H3,(H,24,29)/t23-/m1/s1. The van der Waals surface area contributed by atoms with E-state index in [1.165, 1.54) is 25.1 Å². The lowest BCUT2D eigenvalue weighted by Gasteiger charge is -2.19. The zero-order valence-corrected chi connectivity index (χ0v) is 17.0. The fourth-order valence-corrected chi connectivity index (χ4v) is 3.18. The summed E-state index contributed by atoms with van der Waals surface area (Å²) in [5.74, 6) is -0.415. The van der Waals surface area contributed by atoms with Gasteiger partial charge in [-0.05, 0) is 36.4 Å². The Hall–Kier alpha value is -4.53. The number of nitrogens with zero attached hydrogens (tertiary/aromatic N) is 3. The second-order valence-corrected chi connectivity index (χ2v) is 6.99. The molecule has 1 atom stereocenters. The molecule has 9 heteroatoms. The van der Waals surface area contributed by atoms with Crippen molar-refractivity contribution in [1.82, 2.24) is 5.01 Å². The minimum absolute atomic E-state index is 0.110. The van der Waals surface area contributed by atoms with Crippen LogP contribution in [0.25, 0.3) is 0 Å². The van der Waals surface area contributed by atoms with Gasteiger partial charge in [0.05, 0.1) is 4.92 Å². The van der Waals surface area contributed by atoms with Crippen molar-refractivity contribution in [2.24, 2.45) is 5.10 Å². The van der Waals surface area contributed by atoms with Crippen LogP contribution in [0.3, 0.4) is 0 Å². The van der Waals surface area contributed by atoms with Crippen LogP contribution >= 0.6 is 0 Å². The van der Waals surface area contributed by atoms with Crippen molar-refractivity contribution in [3.63, 3.8) is 0 Å². The highest BCUT2D eigenvalue weighted by Crippen LogP contribution is 2.32. The van der Waals surface area contributed by atoms with Gasteiger partial charge in [-0.2, -0.15) is 5.01 Å². The van der Waals surface area contributed by atoms with Gasteiger partial charge in [0, 0.05) is 41.4 Å². The molecule has 0 aliphatic carbocycles. The molecule has 0 unspecified atom stereocenters. The number of benzene rings is 3. The Morgan fingerprint density at radius 2 is 1.75 bits per heavy atom. The predicted octanol–water partition coefficient (Wildman–Crippen LogP) is 4.09. The number of nitrogens with one attached hydrogen (secondary N) is 1. The third-order valence-electron chi connectivity index (χ3n) is 4.76. The molecule has 0 saturated carbocycles. The third-order valence-corrected chi connectivity index (χ3v) is 4.76. The fourth-order valence-electron chi connectivity index (χ4n) is 3.18. The molecule has 0 radical (unpaired) electrons. The Labute approximate surface area is 183 Å². The zero-order chi connectivity index (χ0) is 22.7. The fraction of sp³-hybridized carbons (Fsp3) is 0.0870. The molecule has 0 fully saturated rings. The minimum Gasteiger partial charge on any atom is -0.446 e. The molecule has 1 heterocycles. The molecular weight excluding hydrogens is 412 g/mol. The largest absolute Gasteiger partial charge is 0.446 e. The van der Waals surface area contributed by atoms with Crippen LogP contribution in [0.4, 0.5) is 11.4 Å². The first-order valence-corrected chi connectivity index (χ1v) is 9.68. The SMILES string of the molecule is CC(=O)N1N=C(c2ccc(NC(=O)c3ccccc3)cc2)O[C@@H]1c1cccc([N+](=O)[O-])c1. The maximum Gasteiger partial charge on any atom is 0.269 e. The van der Waals surface area contributed by atoms with E-state index in [-0.39, 0.29) is 23.4 Å². The molecule has 4 rings (SSSR count). The number of nitro groups is 1. The summed E-state index contributed by atoms with van der Waals surface area (Å²) in [6.07, 6.45) is -0.917. The quantitative estimate of drug-likeness (QED) is 0.484. The molecule has 0 saturated heterocycles. The van der Waals surface area contributed by atoms with Gasteiger partial charge in [-0.1, -0.05) is 30.3 Å². The molecule has 0 spiro atoms. The van der Waals surface area contributed by atoms with Crippen LogP contribution in [-0.2, 0) is 9.53 Å². The number of nitro benzene ring substituents is 1. The van der Waals surface area contributed by atoms with E-state index >= 15 is 0 Å². The third kappa shape index (κ3) is 4.31. The summed E-state index contributed by atoms with van der Waals surface area (Å²) in [6, 6.07) is 21.5. The number of hydrazone groups is 1. The van der Waals surface area contributed by atoms with Gasteiger partial charge in [0.15, 0.2) is 0 Å². The first-order chi connectivity index (χ1) is 15.4. The lowest BCUT2D eigenvalue weighted by Crippen LogP contribution is -2.25. The highest BCUT2D eigenvalue weighted by molar-refractivity contribution is 6.04. The molecule has 1 aliphatic heterocycles. The lowest BCUT2D eigenvalue weighted by molar-refractivity contribution is -0.385. The average Bonchev–Trinajstić information content (AvgIpc) is 3.26. The molecule has 160 valence electrons. The summed E-state index contributed by atoms with van der Waals surface area (Å²) < 4.78 is 5.88. The van der Waals surface area contributed by atoms with E-state index in [0.29, 0.717) is 22.4 Å². The van der Waals surface area contributed by atoms with E-state index in [1.54, 1.807) is 54.6 Å².